The summed E-state index contributed by atoms with van der Waals surface area (Å²) < 4.78 is 18.8. The minimum absolute atomic E-state index is 0.0858. The Balaban J connectivity index is 1.24. The average molecular weight is 449 g/mol. The van der Waals surface area contributed by atoms with E-state index in [-0.39, 0.29) is 23.6 Å². The van der Waals surface area contributed by atoms with E-state index in [4.69, 9.17) is 14.2 Å². The largest absolute Gasteiger partial charge is 0.493 e. The van der Waals surface area contributed by atoms with Gasteiger partial charge in [-0.3, -0.25) is 4.79 Å². The normalized spacial score (nSPS) is 29.3. The van der Waals surface area contributed by atoms with Crippen molar-refractivity contribution in [2.45, 2.75) is 82.5 Å². The van der Waals surface area contributed by atoms with E-state index in [1.165, 1.54) is 11.1 Å². The second-order valence-corrected chi connectivity index (χ2v) is 10.0. The van der Waals surface area contributed by atoms with Crippen molar-refractivity contribution >= 4 is 5.78 Å². The topological polar surface area (TPSA) is 44.8 Å². The fourth-order valence-corrected chi connectivity index (χ4v) is 6.08. The van der Waals surface area contributed by atoms with Crippen molar-refractivity contribution < 1.29 is 19.0 Å². The van der Waals surface area contributed by atoms with Gasteiger partial charge >= 0.3 is 0 Å². The van der Waals surface area contributed by atoms with Gasteiger partial charge in [-0.15, -0.1) is 0 Å². The fourth-order valence-electron chi connectivity index (χ4n) is 6.08. The second-order valence-electron chi connectivity index (χ2n) is 10.0. The Labute approximate surface area is 197 Å². The van der Waals surface area contributed by atoms with Crippen molar-refractivity contribution in [1.82, 2.24) is 0 Å². The van der Waals surface area contributed by atoms with E-state index in [2.05, 4.69) is 43.3 Å². The minimum atomic E-state index is -0.132. The average Bonchev–Trinajstić information content (AvgIpc) is 2.86. The Bertz CT molecular complexity index is 945. The second kappa shape index (κ2) is 9.99. The lowest BCUT2D eigenvalue weighted by atomic mass is 9.72. The number of hydrogen-bond donors (Lipinski definition) is 0. The summed E-state index contributed by atoms with van der Waals surface area (Å²) in [4.78, 5) is 13.2. The molecule has 0 radical (unpaired) electrons. The summed E-state index contributed by atoms with van der Waals surface area (Å²) in [7, 11) is 0. The summed E-state index contributed by atoms with van der Waals surface area (Å²) in [6.45, 7) is 3.53. The molecule has 2 fully saturated rings. The Kier molecular flexibility index (Phi) is 6.84. The zero-order valence-electron chi connectivity index (χ0n) is 19.8. The first-order chi connectivity index (χ1) is 16.2. The minimum Gasteiger partial charge on any atom is -0.493 e. The maximum absolute atomic E-state index is 13.2. The van der Waals surface area contributed by atoms with Crippen molar-refractivity contribution in [1.29, 1.82) is 0 Å². The van der Waals surface area contributed by atoms with E-state index >= 15 is 0 Å². The first-order valence-corrected chi connectivity index (χ1v) is 12.8. The van der Waals surface area contributed by atoms with Crippen LogP contribution >= 0.6 is 0 Å². The van der Waals surface area contributed by atoms with Gasteiger partial charge in [0.25, 0.3) is 0 Å². The molecule has 1 saturated carbocycles. The standard InChI is InChI=1S/C29H36O4/c1-2-31-24-19-27(22-8-4-3-5-9-22)33-29(20-24)15-13-21(14-16-29)18-26(30)25-12-6-10-23-11-7-17-32-28(23)25/h3-6,8-10,12,21,24,27H,2,7,11,13-20H2,1H3. The highest BCUT2D eigenvalue weighted by Gasteiger charge is 2.45. The van der Waals surface area contributed by atoms with Crippen LogP contribution in [0.4, 0.5) is 0 Å². The summed E-state index contributed by atoms with van der Waals surface area (Å²) in [5.41, 5.74) is 3.07. The third-order valence-corrected chi connectivity index (χ3v) is 7.77. The number of aryl methyl sites for hydroxylation is 1. The van der Waals surface area contributed by atoms with E-state index in [1.807, 2.05) is 12.1 Å². The lowest BCUT2D eigenvalue weighted by Crippen LogP contribution is -2.46. The van der Waals surface area contributed by atoms with E-state index in [0.717, 1.165) is 69.3 Å². The molecule has 4 nitrogen and oxygen atoms in total. The van der Waals surface area contributed by atoms with Gasteiger partial charge in [-0.25, -0.2) is 0 Å². The monoisotopic (exact) mass is 448 g/mol. The molecule has 2 atom stereocenters. The van der Waals surface area contributed by atoms with Gasteiger partial charge in [0, 0.05) is 25.9 Å². The number of rotatable bonds is 6. The smallest absolute Gasteiger partial charge is 0.166 e. The number of para-hydroxylation sites is 1. The zero-order valence-corrected chi connectivity index (χ0v) is 19.8. The Morgan fingerprint density at radius 1 is 1.09 bits per heavy atom. The SMILES string of the molecule is CCOC1CC(c2ccccc2)OC2(CCC(CC(=O)c3cccc4c3OCCC4)CC2)C1. The van der Waals surface area contributed by atoms with Gasteiger partial charge in [-0.2, -0.15) is 0 Å². The van der Waals surface area contributed by atoms with E-state index in [0.29, 0.717) is 18.9 Å². The first kappa shape index (κ1) is 22.6. The van der Waals surface area contributed by atoms with Gasteiger partial charge in [-0.1, -0.05) is 42.5 Å². The summed E-state index contributed by atoms with van der Waals surface area (Å²) >= 11 is 0. The predicted octanol–water partition coefficient (Wildman–Crippen LogP) is 6.47. The molecule has 2 aliphatic heterocycles. The first-order valence-electron chi connectivity index (χ1n) is 12.8. The summed E-state index contributed by atoms with van der Waals surface area (Å²) in [6.07, 6.45) is 8.90. The number of carbonyl (C=O) groups is 1. The molecule has 0 N–H and O–H groups in total. The number of benzene rings is 2. The predicted molar refractivity (Wildman–Crippen MR) is 129 cm³/mol. The zero-order chi connectivity index (χ0) is 22.7. The van der Waals surface area contributed by atoms with Crippen molar-refractivity contribution in [3.8, 4) is 5.75 Å². The lowest BCUT2D eigenvalue weighted by Gasteiger charge is -2.48. The molecular formula is C29H36O4. The van der Waals surface area contributed by atoms with Gasteiger partial charge in [0.15, 0.2) is 5.78 Å². The van der Waals surface area contributed by atoms with Gasteiger partial charge in [0.2, 0.25) is 0 Å². The molecule has 176 valence electrons. The van der Waals surface area contributed by atoms with Crippen LogP contribution in [0.5, 0.6) is 5.75 Å². The maximum Gasteiger partial charge on any atom is 0.166 e. The van der Waals surface area contributed by atoms with Crippen molar-refractivity contribution in [3.05, 3.63) is 65.2 Å². The molecule has 3 aliphatic rings. The number of ether oxygens (including phenoxy) is 3. The van der Waals surface area contributed by atoms with Crippen molar-refractivity contribution in [3.63, 3.8) is 0 Å². The molecule has 1 saturated heterocycles. The molecule has 2 unspecified atom stereocenters. The van der Waals surface area contributed by atoms with E-state index in [9.17, 15) is 4.79 Å². The molecule has 0 bridgehead atoms. The van der Waals surface area contributed by atoms with Crippen molar-refractivity contribution in [2.75, 3.05) is 13.2 Å². The highest BCUT2D eigenvalue weighted by Crippen LogP contribution is 2.48. The molecule has 2 aromatic carbocycles. The van der Waals surface area contributed by atoms with Gasteiger partial charge < -0.3 is 14.2 Å². The molecular weight excluding hydrogens is 412 g/mol. The quantitative estimate of drug-likeness (QED) is 0.475. The van der Waals surface area contributed by atoms with Crippen LogP contribution < -0.4 is 4.74 Å². The Morgan fingerprint density at radius 2 is 1.91 bits per heavy atom. The van der Waals surface area contributed by atoms with Crippen molar-refractivity contribution in [2.24, 2.45) is 5.92 Å². The number of Topliss-reactive ketones (excluding diaryl/α,β-unsaturated/α-hetero) is 1. The Hall–Kier alpha value is -2.17. The molecule has 0 aromatic heterocycles. The molecule has 2 heterocycles. The highest BCUT2D eigenvalue weighted by atomic mass is 16.5. The van der Waals surface area contributed by atoms with Crippen LogP contribution in [-0.4, -0.2) is 30.7 Å². The third kappa shape index (κ3) is 5.02. The van der Waals surface area contributed by atoms with Crippen LogP contribution in [-0.2, 0) is 15.9 Å². The number of hydrogen-bond acceptors (Lipinski definition) is 4. The van der Waals surface area contributed by atoms with Crippen LogP contribution in [0.1, 0.15) is 85.9 Å². The summed E-state index contributed by atoms with van der Waals surface area (Å²) in [5, 5.41) is 0. The maximum atomic E-state index is 13.2. The molecule has 1 aliphatic carbocycles. The van der Waals surface area contributed by atoms with Gasteiger partial charge in [-0.05, 0) is 68.6 Å². The molecule has 4 heteroatoms. The third-order valence-electron chi connectivity index (χ3n) is 7.77. The van der Waals surface area contributed by atoms with Gasteiger partial charge in [0.05, 0.1) is 30.0 Å². The molecule has 2 aromatic rings. The van der Waals surface area contributed by atoms with Crippen LogP contribution in [0.3, 0.4) is 0 Å². The summed E-state index contributed by atoms with van der Waals surface area (Å²) in [6, 6.07) is 16.6. The van der Waals surface area contributed by atoms with Gasteiger partial charge in [0.1, 0.15) is 5.75 Å². The molecule has 1 spiro atoms. The van der Waals surface area contributed by atoms with E-state index < -0.39 is 0 Å². The highest BCUT2D eigenvalue weighted by molar-refractivity contribution is 5.99. The number of carbonyl (C=O) groups excluding carboxylic acids is 1. The van der Waals surface area contributed by atoms with Crippen LogP contribution in [0.25, 0.3) is 0 Å². The van der Waals surface area contributed by atoms with Crippen LogP contribution in [0.2, 0.25) is 0 Å². The Morgan fingerprint density at radius 3 is 2.70 bits per heavy atom. The molecule has 5 rings (SSSR count). The fraction of sp³-hybridized carbons (Fsp3) is 0.552. The van der Waals surface area contributed by atoms with Crippen LogP contribution in [0, 0.1) is 5.92 Å². The number of ketones is 1. The summed E-state index contributed by atoms with van der Waals surface area (Å²) in [5.74, 6) is 1.48. The number of fused-ring (bicyclic) bond motifs is 1. The lowest BCUT2D eigenvalue weighted by molar-refractivity contribution is -0.191. The van der Waals surface area contributed by atoms with Crippen LogP contribution in [0.15, 0.2) is 48.5 Å². The molecule has 33 heavy (non-hydrogen) atoms. The van der Waals surface area contributed by atoms with E-state index in [1.54, 1.807) is 0 Å². The molecule has 0 amide bonds.